The summed E-state index contributed by atoms with van der Waals surface area (Å²) in [4.78, 5) is 12.0. The van der Waals surface area contributed by atoms with Gasteiger partial charge in [-0.25, -0.2) is 22.2 Å². The highest BCUT2D eigenvalue weighted by atomic mass is 32.2. The minimum Gasteiger partial charge on any atom is -0.293 e. The van der Waals surface area contributed by atoms with Crippen LogP contribution < -0.4 is 4.72 Å². The minimum atomic E-state index is -4.13. The first-order chi connectivity index (χ1) is 12.8. The molecule has 0 bridgehead atoms. The number of aryl methyl sites for hydroxylation is 2. The molecule has 0 aliphatic rings. The van der Waals surface area contributed by atoms with Gasteiger partial charge in [-0.15, -0.1) is 0 Å². The molecule has 0 amide bonds. The summed E-state index contributed by atoms with van der Waals surface area (Å²) < 4.78 is 42.0. The molecule has 27 heavy (non-hydrogen) atoms. The van der Waals surface area contributed by atoms with Crippen LogP contribution in [0.15, 0.2) is 59.6 Å². The molecule has 8 heteroatoms. The average Bonchev–Trinajstić information content (AvgIpc) is 3.06. The number of rotatable bonds is 6. The predicted molar refractivity (Wildman–Crippen MR) is 99.0 cm³/mol. The van der Waals surface area contributed by atoms with Gasteiger partial charge in [0.1, 0.15) is 10.7 Å². The zero-order valence-electron chi connectivity index (χ0n) is 14.8. The summed E-state index contributed by atoms with van der Waals surface area (Å²) in [5.74, 6) is -1.30. The van der Waals surface area contributed by atoms with E-state index in [1.165, 1.54) is 12.1 Å². The Balaban J connectivity index is 1.81. The van der Waals surface area contributed by atoms with Crippen LogP contribution in [0.3, 0.4) is 0 Å². The molecule has 3 rings (SSSR count). The maximum atomic E-state index is 13.7. The molecule has 0 spiro atoms. The quantitative estimate of drug-likeness (QED) is 0.660. The summed E-state index contributed by atoms with van der Waals surface area (Å²) in [6.45, 7) is 3.22. The Morgan fingerprint density at radius 1 is 1.15 bits per heavy atom. The number of sulfonamides is 1. The number of hydrogen-bond acceptors (Lipinski definition) is 4. The fourth-order valence-corrected chi connectivity index (χ4v) is 3.68. The van der Waals surface area contributed by atoms with Crippen LogP contribution in [0.1, 0.15) is 21.6 Å². The van der Waals surface area contributed by atoms with Crippen LogP contribution in [0.25, 0.3) is 5.69 Å². The Morgan fingerprint density at radius 2 is 1.89 bits per heavy atom. The Labute approximate surface area is 156 Å². The van der Waals surface area contributed by atoms with Crippen LogP contribution in [0, 0.1) is 19.7 Å². The van der Waals surface area contributed by atoms with Gasteiger partial charge in [0.15, 0.2) is 5.78 Å². The van der Waals surface area contributed by atoms with E-state index in [-0.39, 0.29) is 0 Å². The first-order valence-corrected chi connectivity index (χ1v) is 9.66. The third kappa shape index (κ3) is 4.29. The van der Waals surface area contributed by atoms with Gasteiger partial charge < -0.3 is 0 Å². The van der Waals surface area contributed by atoms with E-state index in [1.54, 1.807) is 23.0 Å². The summed E-state index contributed by atoms with van der Waals surface area (Å²) in [7, 11) is -4.13. The SMILES string of the molecule is Cc1cc(C(=O)CNS(=O)(=O)c2ccccc2F)cc(-n2ccc(C)n2)c1. The van der Waals surface area contributed by atoms with E-state index < -0.39 is 33.1 Å². The Hall–Kier alpha value is -2.84. The molecular formula is C19H18FN3O3S. The van der Waals surface area contributed by atoms with Crippen molar-refractivity contribution >= 4 is 15.8 Å². The lowest BCUT2D eigenvalue weighted by molar-refractivity contribution is 0.0997. The number of nitrogens with zero attached hydrogens (tertiary/aromatic N) is 2. The highest BCUT2D eigenvalue weighted by Gasteiger charge is 2.20. The number of Topliss-reactive ketones (excluding diaryl/α,β-unsaturated/α-hetero) is 1. The minimum absolute atomic E-state index is 0.342. The van der Waals surface area contributed by atoms with Crippen molar-refractivity contribution in [3.05, 3.63) is 77.4 Å². The Morgan fingerprint density at radius 3 is 2.56 bits per heavy atom. The maximum absolute atomic E-state index is 13.7. The number of carbonyl (C=O) groups is 1. The van der Waals surface area contributed by atoms with Crippen molar-refractivity contribution in [2.75, 3.05) is 6.54 Å². The van der Waals surface area contributed by atoms with Gasteiger partial charge in [-0.2, -0.15) is 5.10 Å². The number of halogens is 1. The summed E-state index contributed by atoms with van der Waals surface area (Å²) in [5.41, 5.74) is 2.71. The van der Waals surface area contributed by atoms with Gasteiger partial charge >= 0.3 is 0 Å². The van der Waals surface area contributed by atoms with Crippen LogP contribution in [0.4, 0.5) is 4.39 Å². The highest BCUT2D eigenvalue weighted by molar-refractivity contribution is 7.89. The molecule has 0 fully saturated rings. The first-order valence-electron chi connectivity index (χ1n) is 8.18. The van der Waals surface area contributed by atoms with Crippen LogP contribution in [-0.4, -0.2) is 30.5 Å². The number of nitrogens with one attached hydrogen (secondary N) is 1. The van der Waals surface area contributed by atoms with Gasteiger partial charge in [-0.1, -0.05) is 12.1 Å². The van der Waals surface area contributed by atoms with Gasteiger partial charge in [0.25, 0.3) is 0 Å². The van der Waals surface area contributed by atoms with E-state index in [9.17, 15) is 17.6 Å². The molecule has 6 nitrogen and oxygen atoms in total. The molecule has 0 aliphatic carbocycles. The Bertz CT molecular complexity index is 1110. The van der Waals surface area contributed by atoms with Gasteiger partial charge in [-0.3, -0.25) is 4.79 Å². The first kappa shape index (κ1) is 18.9. The maximum Gasteiger partial charge on any atom is 0.243 e. The summed E-state index contributed by atoms with van der Waals surface area (Å²) >= 11 is 0. The fourth-order valence-electron chi connectivity index (χ4n) is 2.62. The fraction of sp³-hybridized carbons (Fsp3) is 0.158. The third-order valence-corrected chi connectivity index (χ3v) is 5.35. The van der Waals surface area contributed by atoms with E-state index in [0.29, 0.717) is 11.3 Å². The molecule has 0 unspecified atom stereocenters. The highest BCUT2D eigenvalue weighted by Crippen LogP contribution is 2.16. The van der Waals surface area contributed by atoms with Crippen LogP contribution in [-0.2, 0) is 10.0 Å². The number of benzene rings is 2. The second kappa shape index (κ2) is 7.42. The molecular weight excluding hydrogens is 369 g/mol. The van der Waals surface area contributed by atoms with Crippen molar-refractivity contribution in [3.8, 4) is 5.69 Å². The molecule has 1 aromatic heterocycles. The van der Waals surface area contributed by atoms with Crippen molar-refractivity contribution < 1.29 is 17.6 Å². The van der Waals surface area contributed by atoms with Crippen LogP contribution in [0.5, 0.6) is 0 Å². The molecule has 0 radical (unpaired) electrons. The van der Waals surface area contributed by atoms with Crippen LogP contribution >= 0.6 is 0 Å². The third-order valence-electron chi connectivity index (χ3n) is 3.92. The summed E-state index contributed by atoms with van der Waals surface area (Å²) in [5, 5.41) is 4.31. The van der Waals surface area contributed by atoms with Gasteiger partial charge in [0.05, 0.1) is 17.9 Å². The molecule has 0 saturated heterocycles. The monoisotopic (exact) mass is 387 g/mol. The van der Waals surface area contributed by atoms with E-state index in [2.05, 4.69) is 9.82 Å². The molecule has 140 valence electrons. The lowest BCUT2D eigenvalue weighted by Gasteiger charge is -2.09. The zero-order valence-corrected chi connectivity index (χ0v) is 15.6. The number of ketones is 1. The van der Waals surface area contributed by atoms with Gasteiger partial charge in [-0.05, 0) is 55.8 Å². The average molecular weight is 387 g/mol. The standard InChI is InChI=1S/C19H18FN3O3S/c1-13-9-15(11-16(10-13)23-8-7-14(2)22-23)18(24)12-21-27(25,26)19-6-4-3-5-17(19)20/h3-11,21H,12H2,1-2H3. The second-order valence-corrected chi connectivity index (χ2v) is 7.87. The zero-order chi connectivity index (χ0) is 19.6. The smallest absolute Gasteiger partial charge is 0.243 e. The van der Waals surface area contributed by atoms with Gasteiger partial charge in [0, 0.05) is 11.8 Å². The molecule has 0 saturated carbocycles. The topological polar surface area (TPSA) is 81.1 Å². The van der Waals surface area contributed by atoms with Gasteiger partial charge in [0.2, 0.25) is 10.0 Å². The lowest BCUT2D eigenvalue weighted by Crippen LogP contribution is -2.30. The molecule has 3 aromatic rings. The van der Waals surface area contributed by atoms with Crippen molar-refractivity contribution in [1.82, 2.24) is 14.5 Å². The van der Waals surface area contributed by atoms with E-state index in [0.717, 1.165) is 23.4 Å². The number of aromatic nitrogens is 2. The molecule has 1 heterocycles. The van der Waals surface area contributed by atoms with Crippen molar-refractivity contribution in [1.29, 1.82) is 0 Å². The molecule has 2 aromatic carbocycles. The van der Waals surface area contributed by atoms with Crippen molar-refractivity contribution in [3.63, 3.8) is 0 Å². The Kier molecular flexibility index (Phi) is 5.20. The summed E-state index contributed by atoms with van der Waals surface area (Å²) in [6.07, 6.45) is 1.78. The lowest BCUT2D eigenvalue weighted by atomic mass is 10.1. The molecule has 0 atom stereocenters. The second-order valence-electron chi connectivity index (χ2n) is 6.14. The van der Waals surface area contributed by atoms with E-state index in [4.69, 9.17) is 0 Å². The molecule has 1 N–H and O–H groups in total. The van der Waals surface area contributed by atoms with Crippen molar-refractivity contribution in [2.45, 2.75) is 18.7 Å². The normalized spacial score (nSPS) is 11.5. The van der Waals surface area contributed by atoms with Crippen LogP contribution in [0.2, 0.25) is 0 Å². The number of hydrogen-bond donors (Lipinski definition) is 1. The summed E-state index contributed by atoms with van der Waals surface area (Å²) in [6, 6.07) is 12.0. The van der Waals surface area contributed by atoms with E-state index >= 15 is 0 Å². The predicted octanol–water partition coefficient (Wildman–Crippen LogP) is 2.79. The number of carbonyl (C=O) groups excluding carboxylic acids is 1. The molecule has 0 aliphatic heterocycles. The largest absolute Gasteiger partial charge is 0.293 e. The van der Waals surface area contributed by atoms with E-state index in [1.807, 2.05) is 26.0 Å². The van der Waals surface area contributed by atoms with Crippen molar-refractivity contribution in [2.24, 2.45) is 0 Å².